The molecule has 146 valence electrons. The predicted octanol–water partition coefficient (Wildman–Crippen LogP) is 3.86. The van der Waals surface area contributed by atoms with Gasteiger partial charge in [0.2, 0.25) is 0 Å². The summed E-state index contributed by atoms with van der Waals surface area (Å²) < 4.78 is 19.3. The van der Waals surface area contributed by atoms with Crippen LogP contribution >= 0.6 is 11.8 Å². The van der Waals surface area contributed by atoms with Crippen LogP contribution in [0.25, 0.3) is 0 Å². The highest BCUT2D eigenvalue weighted by Gasteiger charge is 2.46. The number of nitrogens with zero attached hydrogens (tertiary/aromatic N) is 3. The summed E-state index contributed by atoms with van der Waals surface area (Å²) in [4.78, 5) is 24.9. The number of esters is 1. The average molecular weight is 399 g/mol. The molecule has 0 radical (unpaired) electrons. The molecule has 2 atom stereocenters. The van der Waals surface area contributed by atoms with Gasteiger partial charge in [-0.15, -0.1) is 0 Å². The fraction of sp³-hybridized carbons (Fsp3) is 0.429. The number of halogens is 1. The number of ether oxygens (including phenoxy) is 1. The number of carbonyl (C=O) groups is 1. The van der Waals surface area contributed by atoms with Crippen molar-refractivity contribution in [3.63, 3.8) is 0 Å². The Bertz CT molecular complexity index is 930. The minimum absolute atomic E-state index is 0.0743. The molecule has 7 heteroatoms. The average Bonchev–Trinajstić information content (AvgIpc) is 3.41. The zero-order chi connectivity index (χ0) is 19.7. The molecule has 0 spiro atoms. The number of aryl methyl sites for hydroxylation is 1. The third-order valence-corrected chi connectivity index (χ3v) is 6.03. The number of aromatic nitrogens is 2. The van der Waals surface area contributed by atoms with Crippen molar-refractivity contribution in [1.82, 2.24) is 9.97 Å². The fourth-order valence-corrected chi connectivity index (χ4v) is 4.26. The fourth-order valence-electron chi connectivity index (χ4n) is 3.84. The summed E-state index contributed by atoms with van der Waals surface area (Å²) in [5, 5.41) is 0. The first-order valence-electron chi connectivity index (χ1n) is 9.39. The molecule has 2 aliphatic carbocycles. The third-order valence-electron chi connectivity index (χ3n) is 5.42. The van der Waals surface area contributed by atoms with Crippen molar-refractivity contribution in [2.24, 2.45) is 10.9 Å². The van der Waals surface area contributed by atoms with Crippen LogP contribution < -0.4 is 0 Å². The van der Waals surface area contributed by atoms with E-state index >= 15 is 0 Å². The van der Waals surface area contributed by atoms with E-state index in [1.54, 1.807) is 30.2 Å². The topological polar surface area (TPSA) is 64.4 Å². The Hall–Kier alpha value is -2.28. The largest absolute Gasteiger partial charge is 0.469 e. The molecular formula is C21H22FN3O2S. The molecule has 2 aliphatic rings. The van der Waals surface area contributed by atoms with E-state index in [1.807, 2.05) is 6.07 Å². The molecule has 28 heavy (non-hydrogen) atoms. The van der Waals surface area contributed by atoms with Crippen LogP contribution in [0.3, 0.4) is 0 Å². The van der Waals surface area contributed by atoms with Crippen LogP contribution in [0.15, 0.2) is 29.5 Å². The SMILES string of the molecule is COC(=O)[C@H]1C[C@@H]1c1cnc(N=C2CCc3c(CCSC)ccc(F)c32)cn1. The van der Waals surface area contributed by atoms with Gasteiger partial charge in [-0.2, -0.15) is 11.8 Å². The van der Waals surface area contributed by atoms with Crippen LogP contribution in [-0.4, -0.2) is 40.8 Å². The summed E-state index contributed by atoms with van der Waals surface area (Å²) in [7, 11) is 1.40. The number of hydrogen-bond acceptors (Lipinski definition) is 6. The maximum Gasteiger partial charge on any atom is 0.309 e. The van der Waals surface area contributed by atoms with Crippen molar-refractivity contribution < 1.29 is 13.9 Å². The van der Waals surface area contributed by atoms with Crippen molar-refractivity contribution in [2.75, 3.05) is 19.1 Å². The Morgan fingerprint density at radius 1 is 1.32 bits per heavy atom. The Morgan fingerprint density at radius 3 is 2.89 bits per heavy atom. The number of benzene rings is 1. The van der Waals surface area contributed by atoms with Crippen molar-refractivity contribution in [2.45, 2.75) is 31.6 Å². The second-order valence-electron chi connectivity index (χ2n) is 7.13. The molecule has 0 N–H and O–H groups in total. The zero-order valence-corrected chi connectivity index (χ0v) is 16.8. The summed E-state index contributed by atoms with van der Waals surface area (Å²) in [6.07, 6.45) is 8.54. The lowest BCUT2D eigenvalue weighted by molar-refractivity contribution is -0.142. The lowest BCUT2D eigenvalue weighted by Crippen LogP contribution is -2.04. The number of fused-ring (bicyclic) bond motifs is 1. The first-order chi connectivity index (χ1) is 13.6. The van der Waals surface area contributed by atoms with Crippen LogP contribution in [0.2, 0.25) is 0 Å². The van der Waals surface area contributed by atoms with Crippen LogP contribution in [0.5, 0.6) is 0 Å². The molecule has 2 aromatic rings. The lowest BCUT2D eigenvalue weighted by Gasteiger charge is -2.09. The van der Waals surface area contributed by atoms with Crippen molar-refractivity contribution in [3.8, 4) is 0 Å². The van der Waals surface area contributed by atoms with E-state index < -0.39 is 0 Å². The summed E-state index contributed by atoms with van der Waals surface area (Å²) in [5.74, 6) is 1.02. The second-order valence-corrected chi connectivity index (χ2v) is 8.12. The van der Waals surface area contributed by atoms with E-state index in [2.05, 4.69) is 21.2 Å². The Balaban J connectivity index is 1.55. The van der Waals surface area contributed by atoms with E-state index in [0.717, 1.165) is 42.0 Å². The number of aliphatic imine (C=N–C) groups is 1. The molecule has 1 heterocycles. The van der Waals surface area contributed by atoms with Gasteiger partial charge in [-0.25, -0.2) is 14.4 Å². The van der Waals surface area contributed by atoms with E-state index in [0.29, 0.717) is 17.8 Å². The maximum atomic E-state index is 14.5. The Morgan fingerprint density at radius 2 is 2.18 bits per heavy atom. The molecule has 0 aliphatic heterocycles. The van der Waals surface area contributed by atoms with Crippen molar-refractivity contribution >= 4 is 29.3 Å². The highest BCUT2D eigenvalue weighted by atomic mass is 32.2. The smallest absolute Gasteiger partial charge is 0.309 e. The maximum absolute atomic E-state index is 14.5. The monoisotopic (exact) mass is 399 g/mol. The van der Waals surface area contributed by atoms with Gasteiger partial charge in [-0.3, -0.25) is 9.78 Å². The molecule has 1 fully saturated rings. The molecule has 5 nitrogen and oxygen atoms in total. The van der Waals surface area contributed by atoms with Gasteiger partial charge >= 0.3 is 5.97 Å². The van der Waals surface area contributed by atoms with E-state index in [9.17, 15) is 9.18 Å². The van der Waals surface area contributed by atoms with Gasteiger partial charge in [0.15, 0.2) is 5.82 Å². The first-order valence-corrected chi connectivity index (χ1v) is 10.8. The van der Waals surface area contributed by atoms with Crippen LogP contribution in [-0.2, 0) is 22.4 Å². The lowest BCUT2D eigenvalue weighted by atomic mass is 10.0. The number of rotatable bonds is 6. The van der Waals surface area contributed by atoms with E-state index in [1.165, 1.54) is 12.7 Å². The van der Waals surface area contributed by atoms with E-state index in [4.69, 9.17) is 4.74 Å². The number of hydrogen-bond donors (Lipinski definition) is 0. The Labute approximate surface area is 167 Å². The zero-order valence-electron chi connectivity index (χ0n) is 15.9. The van der Waals surface area contributed by atoms with Crippen LogP contribution in [0, 0.1) is 11.7 Å². The summed E-state index contributed by atoms with van der Waals surface area (Å²) in [5.41, 5.74) is 4.43. The van der Waals surface area contributed by atoms with Gasteiger partial charge in [0.25, 0.3) is 0 Å². The number of thioether (sulfide) groups is 1. The third kappa shape index (κ3) is 3.68. The highest BCUT2D eigenvalue weighted by molar-refractivity contribution is 7.98. The summed E-state index contributed by atoms with van der Waals surface area (Å²) >= 11 is 1.79. The number of methoxy groups -OCH3 is 1. The summed E-state index contributed by atoms with van der Waals surface area (Å²) in [6.45, 7) is 0. The van der Waals surface area contributed by atoms with Crippen molar-refractivity contribution in [3.05, 3.63) is 52.7 Å². The van der Waals surface area contributed by atoms with Gasteiger partial charge in [0, 0.05) is 11.5 Å². The van der Waals surface area contributed by atoms with E-state index in [-0.39, 0.29) is 23.6 Å². The molecule has 4 rings (SSSR count). The normalized spacial score (nSPS) is 21.6. The van der Waals surface area contributed by atoms with Crippen molar-refractivity contribution in [1.29, 1.82) is 0 Å². The van der Waals surface area contributed by atoms with Gasteiger partial charge in [0.05, 0.1) is 36.8 Å². The minimum Gasteiger partial charge on any atom is -0.469 e. The van der Waals surface area contributed by atoms with Gasteiger partial charge in [-0.1, -0.05) is 6.07 Å². The molecule has 1 aromatic carbocycles. The molecule has 0 saturated heterocycles. The van der Waals surface area contributed by atoms with Gasteiger partial charge < -0.3 is 4.74 Å². The highest BCUT2D eigenvalue weighted by Crippen LogP contribution is 2.47. The summed E-state index contributed by atoms with van der Waals surface area (Å²) in [6, 6.07) is 3.44. The number of carbonyl (C=O) groups excluding carboxylic acids is 1. The molecule has 1 aromatic heterocycles. The molecule has 0 unspecified atom stereocenters. The van der Waals surface area contributed by atoms with Crippen LogP contribution in [0.1, 0.15) is 41.1 Å². The van der Waals surface area contributed by atoms with Crippen LogP contribution in [0.4, 0.5) is 10.2 Å². The Kier molecular flexibility index (Phi) is 5.44. The first kappa shape index (κ1) is 19.1. The molecule has 1 saturated carbocycles. The molecule has 0 bridgehead atoms. The second kappa shape index (κ2) is 7.99. The predicted molar refractivity (Wildman–Crippen MR) is 108 cm³/mol. The van der Waals surface area contributed by atoms with Gasteiger partial charge in [0.1, 0.15) is 5.82 Å². The molecule has 0 amide bonds. The minimum atomic E-state index is -0.220. The quantitative estimate of drug-likeness (QED) is 0.690. The molecular weight excluding hydrogens is 377 g/mol. The standard InChI is InChI=1S/C21H22FN3O2S/c1-27-21(26)15-9-14(15)18-10-24-19(11-23-18)25-17-6-4-13-12(7-8-28-2)3-5-16(22)20(13)17/h3,5,10-11,14-15H,4,6-9H2,1-2H3/t14-,15-/m0/s1. The van der Waals surface area contributed by atoms with Gasteiger partial charge in [-0.05, 0) is 54.9 Å².